The summed E-state index contributed by atoms with van der Waals surface area (Å²) in [6, 6.07) is 26.2. The van der Waals surface area contributed by atoms with Crippen molar-refractivity contribution in [2.75, 3.05) is 0 Å². The van der Waals surface area contributed by atoms with Crippen LogP contribution < -0.4 is 0 Å². The second kappa shape index (κ2) is 13.6. The number of rotatable bonds is 4. The molecule has 0 bridgehead atoms. The summed E-state index contributed by atoms with van der Waals surface area (Å²) in [4.78, 5) is 0. The van der Waals surface area contributed by atoms with Crippen molar-refractivity contribution in [3.05, 3.63) is 83.9 Å². The van der Waals surface area contributed by atoms with Gasteiger partial charge in [-0.2, -0.15) is 11.1 Å². The van der Waals surface area contributed by atoms with Crippen molar-refractivity contribution in [2.24, 2.45) is 11.8 Å². The van der Waals surface area contributed by atoms with E-state index in [9.17, 15) is 0 Å². The van der Waals surface area contributed by atoms with Crippen molar-refractivity contribution in [1.29, 1.82) is 0 Å². The Morgan fingerprint density at radius 3 is 1.38 bits per heavy atom. The molecule has 172 valence electrons. The van der Waals surface area contributed by atoms with Gasteiger partial charge in [0.05, 0.1) is 0 Å². The molecule has 4 aromatic carbocycles. The predicted molar refractivity (Wildman–Crippen MR) is 144 cm³/mol. The van der Waals surface area contributed by atoms with E-state index in [0.717, 1.165) is 11.8 Å². The molecule has 4 rings (SSSR count). The molecule has 0 amide bonds. The zero-order valence-electron chi connectivity index (χ0n) is 20.3. The predicted octanol–water partition coefficient (Wildman–Crippen LogP) is 9.64. The summed E-state index contributed by atoms with van der Waals surface area (Å²) in [5.74, 6) is 1.48. The Morgan fingerprint density at radius 1 is 0.719 bits per heavy atom. The van der Waals surface area contributed by atoms with Crippen molar-refractivity contribution in [1.82, 2.24) is 0 Å². The van der Waals surface area contributed by atoms with Gasteiger partial charge in [0, 0.05) is 0 Å². The Bertz CT molecular complexity index is 1030. The molecule has 4 aromatic rings. The van der Waals surface area contributed by atoms with Gasteiger partial charge in [0.15, 0.2) is 0 Å². The second-order valence-corrected chi connectivity index (χ2v) is 18.7. The van der Waals surface area contributed by atoms with Gasteiger partial charge in [-0.25, -0.2) is 0 Å². The van der Waals surface area contributed by atoms with Gasteiger partial charge >= 0.3 is 53.0 Å². The van der Waals surface area contributed by atoms with Crippen LogP contribution >= 0.6 is 17.0 Å². The fraction of sp³-hybridized carbons (Fsp3) is 0.345. The van der Waals surface area contributed by atoms with Gasteiger partial charge in [-0.15, -0.1) is 82.2 Å². The van der Waals surface area contributed by atoms with Crippen LogP contribution in [-0.4, -0.2) is 3.21 Å². The molecule has 0 spiro atoms. The third-order valence-corrected chi connectivity index (χ3v) is 11.5. The van der Waals surface area contributed by atoms with Crippen molar-refractivity contribution >= 4 is 41.8 Å². The second-order valence-electron chi connectivity index (χ2n) is 9.35. The minimum atomic E-state index is -1.84. The Balaban J connectivity index is 0.000000183. The Morgan fingerprint density at radius 2 is 1.06 bits per heavy atom. The van der Waals surface area contributed by atoms with Crippen LogP contribution in [0, 0.1) is 11.8 Å². The number of hydrogen-bond donors (Lipinski definition) is 0. The van der Waals surface area contributed by atoms with Crippen molar-refractivity contribution in [2.45, 2.75) is 54.4 Å². The summed E-state index contributed by atoms with van der Waals surface area (Å²) < 4.78 is 1.24. The van der Waals surface area contributed by atoms with Crippen LogP contribution in [0.4, 0.5) is 0 Å². The molecular weight excluding hydrogens is 510 g/mol. The minimum absolute atomic E-state index is 0.741. The number of hydrogen-bond acceptors (Lipinski definition) is 0. The van der Waals surface area contributed by atoms with E-state index in [1.807, 2.05) is 13.8 Å². The van der Waals surface area contributed by atoms with E-state index in [1.165, 1.54) is 48.7 Å². The first-order valence-electron chi connectivity index (χ1n) is 11.4. The monoisotopic (exact) mass is 544 g/mol. The molecule has 0 fully saturated rings. The van der Waals surface area contributed by atoms with Gasteiger partial charge < -0.3 is 0 Å². The quantitative estimate of drug-likeness (QED) is 0.224. The van der Waals surface area contributed by atoms with E-state index in [-0.39, 0.29) is 0 Å². The molecule has 0 nitrogen and oxygen atoms in total. The van der Waals surface area contributed by atoms with Crippen LogP contribution in [0.3, 0.4) is 0 Å². The van der Waals surface area contributed by atoms with Crippen molar-refractivity contribution in [3.63, 3.8) is 0 Å². The van der Waals surface area contributed by atoms with E-state index >= 15 is 0 Å². The fourth-order valence-electron chi connectivity index (χ4n) is 3.67. The topological polar surface area (TPSA) is 0 Å². The summed E-state index contributed by atoms with van der Waals surface area (Å²) in [6.45, 7) is 13.0. The molecule has 0 atom stereocenters. The molecular formula is C29H36Cl2Zr-2. The first kappa shape index (κ1) is 27.2. The number of benzene rings is 2. The van der Waals surface area contributed by atoms with Crippen LogP contribution in [0.25, 0.3) is 21.5 Å². The van der Waals surface area contributed by atoms with Crippen molar-refractivity contribution in [3.8, 4) is 0 Å². The van der Waals surface area contributed by atoms with Gasteiger partial charge in [0.1, 0.15) is 0 Å². The van der Waals surface area contributed by atoms with Crippen LogP contribution in [0.5, 0.6) is 0 Å². The van der Waals surface area contributed by atoms with Crippen molar-refractivity contribution < 1.29 is 18.9 Å². The first-order valence-corrected chi connectivity index (χ1v) is 19.0. The standard InChI is InChI=1S/2C13H15.C3H6.2ClH.Zr/c2*1-10(2)9-12-8-7-11-5-3-4-6-13(11)12;1-3-2;;;/h2*3-8,10H,9H2,1-2H3;1-2H3;2*1H;/q2*-1;;;;+2/p-2. The van der Waals surface area contributed by atoms with Crippen LogP contribution in [0.15, 0.2) is 72.8 Å². The molecule has 3 heteroatoms. The molecule has 0 saturated heterocycles. The molecule has 0 aromatic heterocycles. The fourth-order valence-corrected chi connectivity index (χ4v) is 3.67. The molecule has 0 aliphatic rings. The number of halogens is 2. The van der Waals surface area contributed by atoms with Gasteiger partial charge in [0.2, 0.25) is 0 Å². The molecule has 0 aliphatic carbocycles. The SMILES string of the molecule is CC(C)Cc1c[cH-]c2ccccc12.CC(C)Cc1c[cH-]c2ccccc12.C[C](C)=[Zr]([Cl])[Cl]. The van der Waals surface area contributed by atoms with Crippen LogP contribution in [-0.2, 0) is 31.7 Å². The van der Waals surface area contributed by atoms with Crippen LogP contribution in [0.1, 0.15) is 52.7 Å². The molecule has 0 unspecified atom stereocenters. The third-order valence-electron chi connectivity index (χ3n) is 5.18. The molecule has 0 radical (unpaired) electrons. The molecule has 0 heterocycles. The van der Waals surface area contributed by atoms with E-state index in [1.54, 1.807) is 0 Å². The summed E-state index contributed by atoms with van der Waals surface area (Å²) >= 11 is -1.84. The maximum atomic E-state index is 5.54. The summed E-state index contributed by atoms with van der Waals surface area (Å²) in [7, 11) is 11.1. The summed E-state index contributed by atoms with van der Waals surface area (Å²) in [6.07, 6.45) is 2.38. The van der Waals surface area contributed by atoms with Gasteiger partial charge in [-0.1, -0.05) is 64.5 Å². The van der Waals surface area contributed by atoms with E-state index < -0.39 is 18.9 Å². The van der Waals surface area contributed by atoms with E-state index in [0.29, 0.717) is 0 Å². The Kier molecular flexibility index (Phi) is 11.6. The van der Waals surface area contributed by atoms with E-state index in [2.05, 4.69) is 100 Å². The molecule has 0 aliphatic heterocycles. The van der Waals surface area contributed by atoms with Crippen LogP contribution in [0.2, 0.25) is 0 Å². The van der Waals surface area contributed by atoms with Gasteiger partial charge in [-0.05, 0) is 0 Å². The normalized spacial score (nSPS) is 10.7. The average Bonchev–Trinajstić information content (AvgIpc) is 3.33. The van der Waals surface area contributed by atoms with E-state index in [4.69, 9.17) is 17.0 Å². The molecule has 32 heavy (non-hydrogen) atoms. The Labute approximate surface area is 209 Å². The zero-order chi connectivity index (χ0) is 23.7. The average molecular weight is 547 g/mol. The summed E-state index contributed by atoms with van der Waals surface area (Å²) in [5, 5.41) is 5.60. The van der Waals surface area contributed by atoms with Gasteiger partial charge in [-0.3, -0.25) is 0 Å². The number of fused-ring (bicyclic) bond motifs is 2. The molecule has 0 saturated carbocycles. The maximum absolute atomic E-state index is 5.54. The van der Waals surface area contributed by atoms with Gasteiger partial charge in [0.25, 0.3) is 0 Å². The zero-order valence-corrected chi connectivity index (χ0v) is 24.2. The Hall–Kier alpha value is -1.01. The summed E-state index contributed by atoms with van der Waals surface area (Å²) in [5.41, 5.74) is 2.98. The third kappa shape index (κ3) is 8.74. The first-order chi connectivity index (χ1) is 15.2. The molecule has 0 N–H and O–H groups in total.